The molecule has 0 aliphatic heterocycles. The minimum atomic E-state index is -0.773. The van der Waals surface area contributed by atoms with Crippen molar-refractivity contribution in [3.63, 3.8) is 0 Å². The van der Waals surface area contributed by atoms with Gasteiger partial charge in [0, 0.05) is 19.3 Å². The Hall–Kier alpha value is -2.11. The summed E-state index contributed by atoms with van der Waals surface area (Å²) >= 11 is 0. The van der Waals surface area contributed by atoms with Gasteiger partial charge in [-0.1, -0.05) is 238 Å². The minimum Gasteiger partial charge on any atom is -0.462 e. The van der Waals surface area contributed by atoms with Crippen LogP contribution >= 0.6 is 0 Å². The third-order valence-corrected chi connectivity index (χ3v) is 11.9. The number of hydrogen-bond acceptors (Lipinski definition) is 6. The monoisotopic (exact) mass is 859 g/mol. The van der Waals surface area contributed by atoms with Crippen LogP contribution in [-0.4, -0.2) is 37.2 Å². The van der Waals surface area contributed by atoms with Crippen LogP contribution in [-0.2, 0) is 28.6 Å². The number of esters is 3. The molecule has 0 spiro atoms. The molecule has 0 aliphatic rings. The molecule has 0 saturated heterocycles. The van der Waals surface area contributed by atoms with E-state index < -0.39 is 6.10 Å². The standard InChI is InChI=1S/C55H102O6/c1-4-7-10-13-16-19-22-23-24-25-26-27-28-29-30-31-34-36-39-42-45-48-54(57)60-51-52(61-55(58)49-46-43-40-37-33-21-18-15-12-9-6-3)50-59-53(56)47-44-41-38-35-32-20-17-14-11-8-5-2/h14-15,17-18,52H,4-13,16,19-51H2,1-3H3/b17-14-,18-15-/t52-/m1/s1. The fraction of sp³-hybridized carbons (Fsp3) is 0.873. The average Bonchev–Trinajstić information content (AvgIpc) is 3.26. The van der Waals surface area contributed by atoms with Crippen LogP contribution in [0.2, 0.25) is 0 Å². The topological polar surface area (TPSA) is 78.9 Å². The second-order valence-electron chi connectivity index (χ2n) is 18.1. The van der Waals surface area contributed by atoms with Gasteiger partial charge in [0.25, 0.3) is 0 Å². The first-order chi connectivity index (χ1) is 30.0. The molecule has 0 aromatic heterocycles. The summed E-state index contributed by atoms with van der Waals surface area (Å²) in [5, 5.41) is 0. The first-order valence-electron chi connectivity index (χ1n) is 26.8. The van der Waals surface area contributed by atoms with E-state index in [1.54, 1.807) is 0 Å². The van der Waals surface area contributed by atoms with Gasteiger partial charge in [-0.15, -0.1) is 0 Å². The SMILES string of the molecule is CCCC/C=C\CCCCCCCC(=O)OC[C@H](COC(=O)CCCCCCCCCCCCCCCCCCCCCCC)OC(=O)CCCCCCC/C=C\CCCC. The molecule has 358 valence electrons. The summed E-state index contributed by atoms with van der Waals surface area (Å²) in [4.78, 5) is 37.9. The Morgan fingerprint density at radius 1 is 0.311 bits per heavy atom. The van der Waals surface area contributed by atoms with E-state index >= 15 is 0 Å². The van der Waals surface area contributed by atoms with Crippen LogP contribution in [0.25, 0.3) is 0 Å². The van der Waals surface area contributed by atoms with Crippen molar-refractivity contribution in [2.24, 2.45) is 0 Å². The summed E-state index contributed by atoms with van der Waals surface area (Å²) in [6.07, 6.45) is 57.5. The molecule has 0 aliphatic carbocycles. The third kappa shape index (κ3) is 48.8. The normalized spacial score (nSPS) is 12.1. The van der Waals surface area contributed by atoms with Gasteiger partial charge in [-0.3, -0.25) is 14.4 Å². The van der Waals surface area contributed by atoms with Crippen LogP contribution in [0.3, 0.4) is 0 Å². The highest BCUT2D eigenvalue weighted by molar-refractivity contribution is 5.71. The summed E-state index contributed by atoms with van der Waals surface area (Å²) in [5.41, 5.74) is 0. The number of rotatable bonds is 49. The number of ether oxygens (including phenoxy) is 3. The Balaban J connectivity index is 4.21. The lowest BCUT2D eigenvalue weighted by Crippen LogP contribution is -2.30. The predicted octanol–water partition coefficient (Wildman–Crippen LogP) is 17.5. The molecule has 0 fully saturated rings. The fourth-order valence-electron chi connectivity index (χ4n) is 7.82. The van der Waals surface area contributed by atoms with Crippen molar-refractivity contribution in [3.8, 4) is 0 Å². The van der Waals surface area contributed by atoms with Crippen molar-refractivity contribution in [3.05, 3.63) is 24.3 Å². The summed E-state index contributed by atoms with van der Waals surface area (Å²) in [7, 11) is 0. The number of hydrogen-bond donors (Lipinski definition) is 0. The molecule has 0 amide bonds. The Morgan fingerprint density at radius 2 is 0.557 bits per heavy atom. The molecule has 6 nitrogen and oxygen atoms in total. The summed E-state index contributed by atoms with van der Waals surface area (Å²) < 4.78 is 16.8. The van der Waals surface area contributed by atoms with Gasteiger partial charge in [0.1, 0.15) is 13.2 Å². The van der Waals surface area contributed by atoms with E-state index in [0.717, 1.165) is 77.0 Å². The van der Waals surface area contributed by atoms with Crippen molar-refractivity contribution < 1.29 is 28.6 Å². The number of carbonyl (C=O) groups is 3. The summed E-state index contributed by atoms with van der Waals surface area (Å²) in [6, 6.07) is 0. The van der Waals surface area contributed by atoms with E-state index in [-0.39, 0.29) is 31.1 Å². The molecule has 0 N–H and O–H groups in total. The van der Waals surface area contributed by atoms with Crippen LogP contribution in [0, 0.1) is 0 Å². The molecular formula is C55H102O6. The molecule has 61 heavy (non-hydrogen) atoms. The average molecular weight is 859 g/mol. The molecule has 0 unspecified atom stereocenters. The van der Waals surface area contributed by atoms with Crippen molar-refractivity contribution in [1.29, 1.82) is 0 Å². The molecule has 0 aromatic rings. The number of unbranched alkanes of at least 4 members (excludes halogenated alkanes) is 34. The van der Waals surface area contributed by atoms with E-state index in [2.05, 4.69) is 45.1 Å². The van der Waals surface area contributed by atoms with E-state index in [4.69, 9.17) is 14.2 Å². The molecule has 6 heteroatoms. The fourth-order valence-corrected chi connectivity index (χ4v) is 7.82. The maximum atomic E-state index is 12.7. The summed E-state index contributed by atoms with van der Waals surface area (Å²) in [6.45, 7) is 6.58. The lowest BCUT2D eigenvalue weighted by atomic mass is 10.0. The van der Waals surface area contributed by atoms with Gasteiger partial charge in [0.05, 0.1) is 0 Å². The zero-order valence-electron chi connectivity index (χ0n) is 40.9. The maximum Gasteiger partial charge on any atom is 0.306 e. The molecule has 0 bridgehead atoms. The molecule has 0 rings (SSSR count). The van der Waals surface area contributed by atoms with Crippen molar-refractivity contribution in [2.75, 3.05) is 13.2 Å². The van der Waals surface area contributed by atoms with E-state index in [1.165, 1.54) is 173 Å². The Kier molecular flexibility index (Phi) is 48.8. The largest absolute Gasteiger partial charge is 0.462 e. The predicted molar refractivity (Wildman–Crippen MR) is 261 cm³/mol. The van der Waals surface area contributed by atoms with E-state index in [1.807, 2.05) is 0 Å². The zero-order chi connectivity index (χ0) is 44.4. The van der Waals surface area contributed by atoms with Gasteiger partial charge in [0.2, 0.25) is 0 Å². The van der Waals surface area contributed by atoms with Crippen LogP contribution in [0.1, 0.15) is 290 Å². The zero-order valence-corrected chi connectivity index (χ0v) is 40.9. The van der Waals surface area contributed by atoms with Gasteiger partial charge >= 0.3 is 17.9 Å². The molecule has 0 heterocycles. The highest BCUT2D eigenvalue weighted by Gasteiger charge is 2.19. The quantitative estimate of drug-likeness (QED) is 0.0262. The summed E-state index contributed by atoms with van der Waals surface area (Å²) in [5.74, 6) is -0.881. The van der Waals surface area contributed by atoms with Gasteiger partial charge in [-0.05, 0) is 57.8 Å². The van der Waals surface area contributed by atoms with Crippen LogP contribution < -0.4 is 0 Å². The van der Waals surface area contributed by atoms with Gasteiger partial charge in [-0.25, -0.2) is 0 Å². The smallest absolute Gasteiger partial charge is 0.306 e. The molecular weight excluding hydrogens is 757 g/mol. The van der Waals surface area contributed by atoms with Crippen molar-refractivity contribution in [1.82, 2.24) is 0 Å². The minimum absolute atomic E-state index is 0.0736. The lowest BCUT2D eigenvalue weighted by Gasteiger charge is -2.18. The highest BCUT2D eigenvalue weighted by atomic mass is 16.6. The van der Waals surface area contributed by atoms with E-state index in [0.29, 0.717) is 19.3 Å². The van der Waals surface area contributed by atoms with Crippen molar-refractivity contribution >= 4 is 17.9 Å². The Bertz CT molecular complexity index is 989. The molecule has 1 atom stereocenters. The van der Waals surface area contributed by atoms with Gasteiger partial charge in [-0.2, -0.15) is 0 Å². The van der Waals surface area contributed by atoms with Gasteiger partial charge < -0.3 is 14.2 Å². The third-order valence-electron chi connectivity index (χ3n) is 11.9. The van der Waals surface area contributed by atoms with Crippen molar-refractivity contribution in [2.45, 2.75) is 297 Å². The van der Waals surface area contributed by atoms with Crippen LogP contribution in [0.5, 0.6) is 0 Å². The number of allylic oxidation sites excluding steroid dienone is 4. The molecule has 0 saturated carbocycles. The lowest BCUT2D eigenvalue weighted by molar-refractivity contribution is -0.167. The maximum absolute atomic E-state index is 12.7. The van der Waals surface area contributed by atoms with Gasteiger partial charge in [0.15, 0.2) is 6.10 Å². The molecule has 0 aromatic carbocycles. The first kappa shape index (κ1) is 58.9. The number of carbonyl (C=O) groups excluding carboxylic acids is 3. The van der Waals surface area contributed by atoms with Crippen LogP contribution in [0.15, 0.2) is 24.3 Å². The second kappa shape index (κ2) is 50.5. The van der Waals surface area contributed by atoms with E-state index in [9.17, 15) is 14.4 Å². The second-order valence-corrected chi connectivity index (χ2v) is 18.1. The Labute approximate surface area is 379 Å². The van der Waals surface area contributed by atoms with Crippen LogP contribution in [0.4, 0.5) is 0 Å². The highest BCUT2D eigenvalue weighted by Crippen LogP contribution is 2.16. The first-order valence-corrected chi connectivity index (χ1v) is 26.8. The molecule has 0 radical (unpaired) electrons. The Morgan fingerprint density at radius 3 is 0.869 bits per heavy atom.